The van der Waals surface area contributed by atoms with E-state index in [1.807, 2.05) is 0 Å². The summed E-state index contributed by atoms with van der Waals surface area (Å²) >= 11 is 0. The molecule has 11 aliphatic rings. The van der Waals surface area contributed by atoms with Gasteiger partial charge < -0.3 is 0 Å². The fourth-order valence-electron chi connectivity index (χ4n) is 20.6. The van der Waals surface area contributed by atoms with Crippen molar-refractivity contribution in [1.29, 1.82) is 0 Å². The van der Waals surface area contributed by atoms with Gasteiger partial charge in [0, 0.05) is 0 Å². The van der Waals surface area contributed by atoms with Crippen LogP contribution >= 0.6 is 0 Å². The van der Waals surface area contributed by atoms with E-state index in [0.717, 1.165) is 118 Å². The Kier molecular flexibility index (Phi) is 10.7. The maximum absolute atomic E-state index is 1.70. The Bertz CT molecular complexity index is 1200. The van der Waals surface area contributed by atoms with Gasteiger partial charge in [0.2, 0.25) is 0 Å². The van der Waals surface area contributed by atoms with Gasteiger partial charge in [0.05, 0.1) is 0 Å². The minimum absolute atomic E-state index is 1.11. The second-order valence-corrected chi connectivity index (χ2v) is 24.0. The highest BCUT2D eigenvalue weighted by Gasteiger charge is 2.59. The van der Waals surface area contributed by atoms with Crippen LogP contribution in [0.4, 0.5) is 0 Å². The molecule has 0 nitrogen and oxygen atoms in total. The molecular weight excluding hydrogens is 637 g/mol. The van der Waals surface area contributed by atoms with E-state index in [2.05, 4.69) is 0 Å². The summed E-state index contributed by atoms with van der Waals surface area (Å²) in [5.41, 5.74) is 0. The van der Waals surface area contributed by atoms with Gasteiger partial charge in [-0.1, -0.05) is 103 Å². The van der Waals surface area contributed by atoms with Gasteiger partial charge >= 0.3 is 0 Å². The van der Waals surface area contributed by atoms with Gasteiger partial charge in [-0.15, -0.1) is 0 Å². The van der Waals surface area contributed by atoms with E-state index >= 15 is 0 Å². The maximum Gasteiger partial charge on any atom is -0.0318 e. The van der Waals surface area contributed by atoms with Crippen molar-refractivity contribution in [2.75, 3.05) is 0 Å². The molecule has 0 heterocycles. The molecule has 11 fully saturated rings. The van der Waals surface area contributed by atoms with Gasteiger partial charge in [-0.3, -0.25) is 0 Å². The Labute approximate surface area is 329 Å². The van der Waals surface area contributed by atoms with Crippen LogP contribution in [0.1, 0.15) is 212 Å². The molecule has 0 aliphatic heterocycles. The van der Waals surface area contributed by atoms with Gasteiger partial charge in [-0.05, 0) is 228 Å². The Morgan fingerprint density at radius 3 is 1.30 bits per heavy atom. The van der Waals surface area contributed by atoms with Crippen molar-refractivity contribution in [3.8, 4) is 0 Å². The zero-order valence-electron chi connectivity index (χ0n) is 34.9. The summed E-state index contributed by atoms with van der Waals surface area (Å²) in [5, 5.41) is 0. The molecule has 0 spiro atoms. The highest BCUT2D eigenvalue weighted by atomic mass is 14.6. The van der Waals surface area contributed by atoms with E-state index in [4.69, 9.17) is 0 Å². The lowest BCUT2D eigenvalue weighted by molar-refractivity contribution is -0.0689. The average molecular weight is 723 g/mol. The Morgan fingerprint density at radius 2 is 0.547 bits per heavy atom. The highest BCUT2D eigenvalue weighted by molar-refractivity contribution is 5.08. The minimum Gasteiger partial charge on any atom is -0.0533 e. The van der Waals surface area contributed by atoms with E-state index in [1.54, 1.807) is 212 Å². The predicted molar refractivity (Wildman–Crippen MR) is 222 cm³/mol. The van der Waals surface area contributed by atoms with E-state index in [1.165, 1.54) is 0 Å². The minimum atomic E-state index is 1.11. The zero-order valence-corrected chi connectivity index (χ0v) is 34.9. The molecule has 0 N–H and O–H groups in total. The predicted octanol–water partition coefficient (Wildman–Crippen LogP) is 15.3. The number of hydrogen-bond donors (Lipinski definition) is 0. The first-order chi connectivity index (χ1) is 26.3. The fourth-order valence-corrected chi connectivity index (χ4v) is 20.6. The molecule has 0 aromatic heterocycles. The molecule has 0 heteroatoms. The summed E-state index contributed by atoms with van der Waals surface area (Å²) < 4.78 is 0. The van der Waals surface area contributed by atoms with Crippen LogP contribution in [0.25, 0.3) is 0 Å². The topological polar surface area (TPSA) is 0 Å². The molecule has 11 aliphatic carbocycles. The van der Waals surface area contributed by atoms with Gasteiger partial charge in [-0.2, -0.15) is 0 Å². The second-order valence-electron chi connectivity index (χ2n) is 24.0. The first-order valence-corrected chi connectivity index (χ1v) is 26.3. The van der Waals surface area contributed by atoms with Crippen molar-refractivity contribution < 1.29 is 0 Å². The van der Waals surface area contributed by atoms with E-state index in [9.17, 15) is 0 Å². The third-order valence-electron chi connectivity index (χ3n) is 22.4. The fraction of sp³-hybridized carbons (Fsp3) is 1.00. The number of rotatable bonds is 4. The first kappa shape index (κ1) is 36.1. The SMILES string of the molecule is C1CCC(C2CC(C3CCC4C(CCC5C6CCCCC6CCC45)C3)CC(C3CCC(C4CCCCC4)C4CC5CCC6CCCCC6C5C34)C2)CC1. The molecule has 0 aromatic carbocycles. The van der Waals surface area contributed by atoms with Gasteiger partial charge in [0.1, 0.15) is 0 Å². The van der Waals surface area contributed by atoms with Crippen LogP contribution in [0.2, 0.25) is 0 Å². The van der Waals surface area contributed by atoms with Crippen LogP contribution < -0.4 is 0 Å². The highest BCUT2D eigenvalue weighted by Crippen LogP contribution is 2.67. The van der Waals surface area contributed by atoms with Gasteiger partial charge in [0.15, 0.2) is 0 Å². The Hall–Kier alpha value is 0. The molecule has 298 valence electrons. The van der Waals surface area contributed by atoms with E-state index in [-0.39, 0.29) is 0 Å². The number of fused-ring (bicyclic) bond motifs is 10. The molecular formula is C53H86. The molecule has 0 radical (unpaired) electrons. The van der Waals surface area contributed by atoms with Crippen LogP contribution in [-0.2, 0) is 0 Å². The molecule has 18 atom stereocenters. The van der Waals surface area contributed by atoms with Crippen molar-refractivity contribution in [2.24, 2.45) is 118 Å². The molecule has 0 saturated heterocycles. The first-order valence-electron chi connectivity index (χ1n) is 26.3. The Morgan fingerprint density at radius 1 is 0.151 bits per heavy atom. The smallest absolute Gasteiger partial charge is 0.0318 e. The average Bonchev–Trinajstić information content (AvgIpc) is 3.64. The summed E-state index contributed by atoms with van der Waals surface area (Å²) in [6, 6.07) is 0. The van der Waals surface area contributed by atoms with Crippen LogP contribution in [-0.4, -0.2) is 0 Å². The van der Waals surface area contributed by atoms with Crippen molar-refractivity contribution >= 4 is 0 Å². The molecule has 0 amide bonds. The van der Waals surface area contributed by atoms with E-state index < -0.39 is 0 Å². The van der Waals surface area contributed by atoms with Crippen molar-refractivity contribution in [1.82, 2.24) is 0 Å². The quantitative estimate of drug-likeness (QED) is 0.271. The second kappa shape index (κ2) is 15.6. The van der Waals surface area contributed by atoms with Crippen LogP contribution in [0.15, 0.2) is 0 Å². The normalized spacial score (nSPS) is 53.7. The lowest BCUT2D eigenvalue weighted by Crippen LogP contribution is -2.48. The standard InChI is InChI=1S/C53H86/c1-3-11-34(12-4-1)41-30-42(38-22-24-46-39(29-38)23-26-49-44-17-9-7-15-36(44)21-25-50(46)49)32-43(31-41)48-28-27-45(35-13-5-2-6-14-35)51-33-40-20-19-37-16-8-10-18-47(37)52(40)53(48)51/h34-53H,1-33H2. The Balaban J connectivity index is 0.854. The van der Waals surface area contributed by atoms with Gasteiger partial charge in [0.25, 0.3) is 0 Å². The van der Waals surface area contributed by atoms with Gasteiger partial charge in [-0.25, -0.2) is 0 Å². The monoisotopic (exact) mass is 723 g/mol. The van der Waals surface area contributed by atoms with Crippen molar-refractivity contribution in [3.05, 3.63) is 0 Å². The maximum atomic E-state index is 1.70. The summed E-state index contributed by atoms with van der Waals surface area (Å²) in [5.74, 6) is 22.6. The molecule has 11 rings (SSSR count). The van der Waals surface area contributed by atoms with Crippen LogP contribution in [0, 0.1) is 118 Å². The summed E-state index contributed by atoms with van der Waals surface area (Å²) in [4.78, 5) is 0. The molecule has 0 bridgehead atoms. The largest absolute Gasteiger partial charge is 0.0533 e. The van der Waals surface area contributed by atoms with Crippen molar-refractivity contribution in [2.45, 2.75) is 212 Å². The summed E-state index contributed by atoms with van der Waals surface area (Å²) in [6.45, 7) is 0. The van der Waals surface area contributed by atoms with E-state index in [0.29, 0.717) is 0 Å². The summed E-state index contributed by atoms with van der Waals surface area (Å²) in [6.07, 6.45) is 53.5. The third kappa shape index (κ3) is 6.73. The molecule has 11 saturated carbocycles. The number of hydrogen-bond acceptors (Lipinski definition) is 0. The third-order valence-corrected chi connectivity index (χ3v) is 22.4. The van der Waals surface area contributed by atoms with Crippen molar-refractivity contribution in [3.63, 3.8) is 0 Å². The molecule has 53 heavy (non-hydrogen) atoms. The van der Waals surface area contributed by atoms with Crippen LogP contribution in [0.3, 0.4) is 0 Å². The van der Waals surface area contributed by atoms with Crippen LogP contribution in [0.5, 0.6) is 0 Å². The molecule has 18 unspecified atom stereocenters. The molecule has 0 aromatic rings. The lowest BCUT2D eigenvalue weighted by Gasteiger charge is -2.56. The summed E-state index contributed by atoms with van der Waals surface area (Å²) in [7, 11) is 0. The lowest BCUT2D eigenvalue weighted by atomic mass is 9.49. The zero-order chi connectivity index (χ0) is 34.9.